The van der Waals surface area contributed by atoms with Crippen LogP contribution in [-0.2, 0) is 11.2 Å². The Labute approximate surface area is 85.4 Å². The van der Waals surface area contributed by atoms with E-state index in [1.54, 1.807) is 18.5 Å². The summed E-state index contributed by atoms with van der Waals surface area (Å²) in [5.74, 6) is 0.0566. The van der Waals surface area contributed by atoms with E-state index < -0.39 is 0 Å². The van der Waals surface area contributed by atoms with Gasteiger partial charge in [-0.15, -0.1) is 0 Å². The van der Waals surface area contributed by atoms with Gasteiger partial charge in [-0.2, -0.15) is 0 Å². The summed E-state index contributed by atoms with van der Waals surface area (Å²) in [5, 5.41) is 2.54. The molecule has 2 aromatic heterocycles. The molecule has 1 amide bonds. The summed E-state index contributed by atoms with van der Waals surface area (Å²) < 4.78 is 4.74. The van der Waals surface area contributed by atoms with Gasteiger partial charge in [-0.3, -0.25) is 10.1 Å². The van der Waals surface area contributed by atoms with Crippen molar-refractivity contribution in [1.82, 2.24) is 15.0 Å². The minimum Gasteiger partial charge on any atom is -0.451 e. The zero-order valence-electron chi connectivity index (χ0n) is 7.75. The molecule has 1 N–H and O–H groups in total. The van der Waals surface area contributed by atoms with Gasteiger partial charge in [-0.1, -0.05) is 0 Å². The topological polar surface area (TPSA) is 80.9 Å². The van der Waals surface area contributed by atoms with Crippen molar-refractivity contribution in [3.63, 3.8) is 0 Å². The monoisotopic (exact) mass is 204 g/mol. The molecule has 6 nitrogen and oxygen atoms in total. The molecule has 0 aliphatic heterocycles. The van der Waals surface area contributed by atoms with Gasteiger partial charge < -0.3 is 4.42 Å². The molecule has 0 bridgehead atoms. The molecule has 0 saturated carbocycles. The van der Waals surface area contributed by atoms with Crippen LogP contribution in [0.5, 0.6) is 0 Å². The van der Waals surface area contributed by atoms with E-state index in [-0.39, 0.29) is 18.3 Å². The molecule has 76 valence electrons. The summed E-state index contributed by atoms with van der Waals surface area (Å²) in [6.07, 6.45) is 5.96. The van der Waals surface area contributed by atoms with Gasteiger partial charge in [0.15, 0.2) is 6.39 Å². The molecule has 0 atom stereocenters. The number of hydrogen-bond acceptors (Lipinski definition) is 5. The number of nitrogens with one attached hydrogen (secondary N) is 1. The Bertz CT molecular complexity index is 427. The van der Waals surface area contributed by atoms with Crippen LogP contribution in [0.2, 0.25) is 0 Å². The number of carbonyl (C=O) groups is 1. The van der Waals surface area contributed by atoms with Crippen LogP contribution in [0.1, 0.15) is 5.69 Å². The van der Waals surface area contributed by atoms with Gasteiger partial charge in [0.2, 0.25) is 11.9 Å². The predicted octanol–water partition coefficient (Wildman–Crippen LogP) is 0.646. The molecule has 0 fully saturated rings. The van der Waals surface area contributed by atoms with Crippen molar-refractivity contribution in [2.45, 2.75) is 6.42 Å². The van der Waals surface area contributed by atoms with Crippen LogP contribution in [0.3, 0.4) is 0 Å². The molecular formula is C9H8N4O2. The molecule has 15 heavy (non-hydrogen) atoms. The largest absolute Gasteiger partial charge is 0.451 e. The average molecular weight is 204 g/mol. The summed E-state index contributed by atoms with van der Waals surface area (Å²) in [7, 11) is 0. The third kappa shape index (κ3) is 2.60. The molecule has 0 aromatic carbocycles. The van der Waals surface area contributed by atoms with Gasteiger partial charge in [0.05, 0.1) is 12.1 Å². The first-order valence-electron chi connectivity index (χ1n) is 4.28. The Kier molecular flexibility index (Phi) is 2.68. The molecule has 0 aliphatic rings. The third-order valence-corrected chi connectivity index (χ3v) is 1.64. The summed E-state index contributed by atoms with van der Waals surface area (Å²) in [6, 6.07) is 1.67. The Morgan fingerprint density at radius 3 is 2.80 bits per heavy atom. The van der Waals surface area contributed by atoms with Gasteiger partial charge in [0, 0.05) is 12.4 Å². The fraction of sp³-hybridized carbons (Fsp3) is 0.111. The van der Waals surface area contributed by atoms with Crippen molar-refractivity contribution in [2.24, 2.45) is 0 Å². The highest BCUT2D eigenvalue weighted by Crippen LogP contribution is 1.99. The van der Waals surface area contributed by atoms with E-state index in [0.29, 0.717) is 5.69 Å². The van der Waals surface area contributed by atoms with Crippen LogP contribution in [0.4, 0.5) is 5.95 Å². The van der Waals surface area contributed by atoms with Crippen LogP contribution in [0, 0.1) is 0 Å². The van der Waals surface area contributed by atoms with E-state index >= 15 is 0 Å². The molecule has 2 aromatic rings. The van der Waals surface area contributed by atoms with Crippen LogP contribution in [0.25, 0.3) is 0 Å². The molecule has 2 rings (SSSR count). The van der Waals surface area contributed by atoms with E-state index in [1.165, 1.54) is 12.7 Å². The van der Waals surface area contributed by atoms with E-state index in [4.69, 9.17) is 4.42 Å². The Morgan fingerprint density at radius 2 is 2.13 bits per heavy atom. The van der Waals surface area contributed by atoms with Crippen molar-refractivity contribution in [2.75, 3.05) is 5.32 Å². The maximum atomic E-state index is 11.4. The number of anilines is 1. The summed E-state index contributed by atoms with van der Waals surface area (Å²) in [4.78, 5) is 23.0. The van der Waals surface area contributed by atoms with E-state index in [9.17, 15) is 4.79 Å². The lowest BCUT2D eigenvalue weighted by Crippen LogP contribution is -2.16. The normalized spacial score (nSPS) is 9.87. The first-order valence-corrected chi connectivity index (χ1v) is 4.28. The molecule has 0 unspecified atom stereocenters. The lowest BCUT2D eigenvalue weighted by atomic mass is 10.3. The Hall–Kier alpha value is -2.24. The zero-order valence-corrected chi connectivity index (χ0v) is 7.75. The van der Waals surface area contributed by atoms with Crippen molar-refractivity contribution in [1.29, 1.82) is 0 Å². The summed E-state index contributed by atoms with van der Waals surface area (Å²) >= 11 is 0. The first-order chi connectivity index (χ1) is 7.34. The maximum absolute atomic E-state index is 11.4. The van der Waals surface area contributed by atoms with E-state index in [0.717, 1.165) is 0 Å². The molecule has 0 saturated heterocycles. The van der Waals surface area contributed by atoms with Gasteiger partial charge in [0.25, 0.3) is 0 Å². The van der Waals surface area contributed by atoms with Crippen LogP contribution >= 0.6 is 0 Å². The number of amides is 1. The smallest absolute Gasteiger partial charge is 0.232 e. The molecule has 6 heteroatoms. The quantitative estimate of drug-likeness (QED) is 0.793. The third-order valence-electron chi connectivity index (χ3n) is 1.64. The van der Waals surface area contributed by atoms with Crippen molar-refractivity contribution < 1.29 is 9.21 Å². The number of oxazole rings is 1. The zero-order chi connectivity index (χ0) is 10.5. The van der Waals surface area contributed by atoms with Crippen LogP contribution in [-0.4, -0.2) is 20.9 Å². The van der Waals surface area contributed by atoms with E-state index in [2.05, 4.69) is 20.3 Å². The highest BCUT2D eigenvalue weighted by Gasteiger charge is 2.06. The van der Waals surface area contributed by atoms with Gasteiger partial charge in [-0.05, 0) is 6.07 Å². The SMILES string of the molecule is O=C(Cc1cocn1)Nc1ncccn1. The molecule has 2 heterocycles. The second-order valence-corrected chi connectivity index (χ2v) is 2.78. The second kappa shape index (κ2) is 4.32. The highest BCUT2D eigenvalue weighted by molar-refractivity contribution is 5.90. The summed E-state index contributed by atoms with van der Waals surface area (Å²) in [6.45, 7) is 0. The maximum Gasteiger partial charge on any atom is 0.232 e. The molecule has 0 radical (unpaired) electrons. The van der Waals surface area contributed by atoms with Crippen molar-refractivity contribution in [3.8, 4) is 0 Å². The second-order valence-electron chi connectivity index (χ2n) is 2.78. The van der Waals surface area contributed by atoms with Crippen LogP contribution in [0.15, 0.2) is 35.5 Å². The Balaban J connectivity index is 1.94. The van der Waals surface area contributed by atoms with Crippen LogP contribution < -0.4 is 5.32 Å². The van der Waals surface area contributed by atoms with Crippen molar-refractivity contribution >= 4 is 11.9 Å². The molecule has 0 spiro atoms. The van der Waals surface area contributed by atoms with Crippen molar-refractivity contribution in [3.05, 3.63) is 36.8 Å². The highest BCUT2D eigenvalue weighted by atomic mass is 16.3. The van der Waals surface area contributed by atoms with E-state index in [1.807, 2.05) is 0 Å². The standard InChI is InChI=1S/C9H8N4O2/c14-8(4-7-5-15-6-12-7)13-9-10-2-1-3-11-9/h1-3,5-6H,4H2,(H,10,11,13,14). The van der Waals surface area contributed by atoms with Gasteiger partial charge in [0.1, 0.15) is 6.26 Å². The lowest BCUT2D eigenvalue weighted by Gasteiger charge is -1.99. The minimum absolute atomic E-state index is 0.148. The number of hydrogen-bond donors (Lipinski definition) is 1. The fourth-order valence-electron chi connectivity index (χ4n) is 1.02. The lowest BCUT2D eigenvalue weighted by molar-refractivity contribution is -0.115. The number of aromatic nitrogens is 3. The summed E-state index contributed by atoms with van der Waals surface area (Å²) in [5.41, 5.74) is 0.573. The number of carbonyl (C=O) groups excluding carboxylic acids is 1. The first kappa shape index (κ1) is 9.32. The minimum atomic E-state index is -0.227. The van der Waals surface area contributed by atoms with Gasteiger partial charge >= 0.3 is 0 Å². The number of nitrogens with zero attached hydrogens (tertiary/aromatic N) is 3. The average Bonchev–Trinajstić information content (AvgIpc) is 2.71. The number of rotatable bonds is 3. The fourth-order valence-corrected chi connectivity index (χ4v) is 1.02. The molecular weight excluding hydrogens is 196 g/mol. The van der Waals surface area contributed by atoms with Gasteiger partial charge in [-0.25, -0.2) is 15.0 Å². The Morgan fingerprint density at radius 1 is 1.33 bits per heavy atom. The molecule has 0 aliphatic carbocycles. The predicted molar refractivity (Wildman–Crippen MR) is 50.9 cm³/mol.